The summed E-state index contributed by atoms with van der Waals surface area (Å²) in [6.45, 7) is 3.50. The maximum absolute atomic E-state index is 12.5. The number of nitrogens with one attached hydrogen (secondary N) is 2. The molecule has 2 amide bonds. The molecule has 0 radical (unpaired) electrons. The minimum Gasteiger partial charge on any atom is -0.427 e. The number of anilines is 1. The number of carbonyl (C=O) groups excluding carboxylic acids is 3. The summed E-state index contributed by atoms with van der Waals surface area (Å²) in [4.78, 5) is 36.1. The van der Waals surface area contributed by atoms with Crippen molar-refractivity contribution in [3.05, 3.63) is 101 Å². The molecule has 162 valence electrons. The first kappa shape index (κ1) is 22.5. The van der Waals surface area contributed by atoms with E-state index in [2.05, 4.69) is 10.6 Å². The lowest BCUT2D eigenvalue weighted by Crippen LogP contribution is -2.23. The molecule has 0 aliphatic carbocycles. The zero-order valence-corrected chi connectivity index (χ0v) is 17.9. The number of hydrogen-bond acceptors (Lipinski definition) is 4. The van der Waals surface area contributed by atoms with Gasteiger partial charge < -0.3 is 15.4 Å². The highest BCUT2D eigenvalue weighted by molar-refractivity contribution is 6.02. The van der Waals surface area contributed by atoms with Gasteiger partial charge in [-0.2, -0.15) is 0 Å². The summed E-state index contributed by atoms with van der Waals surface area (Å²) in [7, 11) is 0. The van der Waals surface area contributed by atoms with Crippen molar-refractivity contribution in [2.75, 3.05) is 5.32 Å². The Morgan fingerprint density at radius 3 is 2.47 bits per heavy atom. The van der Waals surface area contributed by atoms with Gasteiger partial charge in [-0.3, -0.25) is 14.4 Å². The van der Waals surface area contributed by atoms with Crippen molar-refractivity contribution in [1.29, 1.82) is 0 Å². The Morgan fingerprint density at radius 2 is 1.69 bits per heavy atom. The third-order valence-electron chi connectivity index (χ3n) is 4.68. The second-order valence-corrected chi connectivity index (χ2v) is 7.14. The monoisotopic (exact) mass is 428 g/mol. The van der Waals surface area contributed by atoms with E-state index in [0.717, 1.165) is 16.7 Å². The van der Waals surface area contributed by atoms with Crippen LogP contribution in [0, 0.1) is 6.92 Å². The van der Waals surface area contributed by atoms with Gasteiger partial charge in [-0.15, -0.1) is 0 Å². The van der Waals surface area contributed by atoms with Gasteiger partial charge in [0.25, 0.3) is 5.91 Å². The Bertz CT molecular complexity index is 1170. The van der Waals surface area contributed by atoms with Crippen LogP contribution in [0.4, 0.5) is 5.69 Å². The van der Waals surface area contributed by atoms with E-state index in [1.807, 2.05) is 49.4 Å². The second kappa shape index (κ2) is 10.7. The first-order valence-corrected chi connectivity index (χ1v) is 10.1. The van der Waals surface area contributed by atoms with Crippen LogP contribution < -0.4 is 15.4 Å². The zero-order chi connectivity index (χ0) is 22.9. The summed E-state index contributed by atoms with van der Waals surface area (Å²) in [5.41, 5.74) is 3.79. The third kappa shape index (κ3) is 6.40. The fourth-order valence-corrected chi connectivity index (χ4v) is 3.05. The molecule has 0 aliphatic heterocycles. The Kier molecular flexibility index (Phi) is 7.54. The van der Waals surface area contributed by atoms with Gasteiger partial charge in [0.05, 0.1) is 0 Å². The lowest BCUT2D eigenvalue weighted by molar-refractivity contribution is -0.131. The minimum atomic E-state index is -0.455. The smallest absolute Gasteiger partial charge is 0.308 e. The Balaban J connectivity index is 1.64. The second-order valence-electron chi connectivity index (χ2n) is 7.14. The molecule has 0 bridgehead atoms. The van der Waals surface area contributed by atoms with E-state index in [9.17, 15) is 14.4 Å². The fraction of sp³-hybridized carbons (Fsp3) is 0.115. The molecular formula is C26H24N2O4. The van der Waals surface area contributed by atoms with Crippen molar-refractivity contribution < 1.29 is 19.1 Å². The van der Waals surface area contributed by atoms with Gasteiger partial charge in [0, 0.05) is 30.8 Å². The van der Waals surface area contributed by atoms with Crippen LogP contribution in [0.2, 0.25) is 0 Å². The highest BCUT2D eigenvalue weighted by atomic mass is 16.5. The lowest BCUT2D eigenvalue weighted by Gasteiger charge is -2.11. The molecule has 3 aromatic rings. The number of hydrogen-bond donors (Lipinski definition) is 2. The van der Waals surface area contributed by atoms with E-state index < -0.39 is 5.97 Å². The van der Waals surface area contributed by atoms with E-state index in [1.54, 1.807) is 30.3 Å². The van der Waals surface area contributed by atoms with Crippen molar-refractivity contribution in [2.24, 2.45) is 0 Å². The van der Waals surface area contributed by atoms with Gasteiger partial charge >= 0.3 is 5.97 Å². The van der Waals surface area contributed by atoms with Gasteiger partial charge in [0.2, 0.25) is 5.91 Å². The van der Waals surface area contributed by atoms with Crippen molar-refractivity contribution in [1.82, 2.24) is 5.32 Å². The maximum Gasteiger partial charge on any atom is 0.308 e. The molecule has 0 heterocycles. The summed E-state index contributed by atoms with van der Waals surface area (Å²) in [6, 6.07) is 21.4. The Labute approximate surface area is 186 Å². The zero-order valence-electron chi connectivity index (χ0n) is 17.9. The number of para-hydroxylation sites is 1. The number of amides is 2. The molecule has 0 unspecified atom stereocenters. The molecule has 0 atom stereocenters. The highest BCUT2D eigenvalue weighted by Crippen LogP contribution is 2.17. The van der Waals surface area contributed by atoms with Crippen LogP contribution in [0.3, 0.4) is 0 Å². The maximum atomic E-state index is 12.5. The standard InChI is InChI=1S/C26H24N2O4/c1-18-8-3-4-9-20(18)14-15-25(30)28-24-13-6-5-10-22(24)17-27-26(31)21-11-7-12-23(16-21)32-19(2)29/h3-16H,17H2,1-2H3,(H,27,31)(H,28,30)/b15-14+. The molecule has 0 aliphatic rings. The molecule has 0 fully saturated rings. The van der Waals surface area contributed by atoms with E-state index in [0.29, 0.717) is 17.0 Å². The van der Waals surface area contributed by atoms with Crippen LogP contribution >= 0.6 is 0 Å². The number of carbonyl (C=O) groups is 3. The molecule has 0 saturated heterocycles. The van der Waals surface area contributed by atoms with Gasteiger partial charge in [0.15, 0.2) is 0 Å². The molecule has 0 spiro atoms. The summed E-state index contributed by atoms with van der Waals surface area (Å²) in [6.07, 6.45) is 3.25. The fourth-order valence-electron chi connectivity index (χ4n) is 3.05. The Hall–Kier alpha value is -4.19. The summed E-state index contributed by atoms with van der Waals surface area (Å²) >= 11 is 0. The van der Waals surface area contributed by atoms with E-state index in [-0.39, 0.29) is 18.4 Å². The molecule has 2 N–H and O–H groups in total. The summed E-state index contributed by atoms with van der Waals surface area (Å²) < 4.78 is 5.02. The number of ether oxygens (including phenoxy) is 1. The van der Waals surface area contributed by atoms with Crippen molar-refractivity contribution >= 4 is 29.5 Å². The number of aryl methyl sites for hydroxylation is 1. The topological polar surface area (TPSA) is 84.5 Å². The summed E-state index contributed by atoms with van der Waals surface area (Å²) in [5, 5.41) is 5.69. The van der Waals surface area contributed by atoms with Crippen LogP contribution in [0.5, 0.6) is 5.75 Å². The van der Waals surface area contributed by atoms with E-state index >= 15 is 0 Å². The van der Waals surface area contributed by atoms with Crippen molar-refractivity contribution in [3.63, 3.8) is 0 Å². The third-order valence-corrected chi connectivity index (χ3v) is 4.68. The van der Waals surface area contributed by atoms with Gasteiger partial charge in [0.1, 0.15) is 5.75 Å². The molecular weight excluding hydrogens is 404 g/mol. The predicted octanol–water partition coefficient (Wildman–Crippen LogP) is 4.50. The molecule has 32 heavy (non-hydrogen) atoms. The van der Waals surface area contributed by atoms with Crippen molar-refractivity contribution in [3.8, 4) is 5.75 Å². The van der Waals surface area contributed by atoms with Crippen LogP contribution in [-0.2, 0) is 16.1 Å². The van der Waals surface area contributed by atoms with E-state index in [1.165, 1.54) is 19.1 Å². The summed E-state index contributed by atoms with van der Waals surface area (Å²) in [5.74, 6) is -0.734. The number of rotatable bonds is 7. The average molecular weight is 428 g/mol. The minimum absolute atomic E-state index is 0.217. The van der Waals surface area contributed by atoms with Gasteiger partial charge in [-0.05, 0) is 54.0 Å². The molecule has 6 nitrogen and oxygen atoms in total. The molecule has 0 saturated carbocycles. The first-order valence-electron chi connectivity index (χ1n) is 10.1. The highest BCUT2D eigenvalue weighted by Gasteiger charge is 2.10. The molecule has 3 aromatic carbocycles. The first-order chi connectivity index (χ1) is 15.4. The normalized spacial score (nSPS) is 10.6. The largest absolute Gasteiger partial charge is 0.427 e. The average Bonchev–Trinajstić information content (AvgIpc) is 2.77. The Morgan fingerprint density at radius 1 is 0.938 bits per heavy atom. The molecule has 3 rings (SSSR count). The SMILES string of the molecule is CC(=O)Oc1cccc(C(=O)NCc2ccccc2NC(=O)/C=C/c2ccccc2C)c1. The molecule has 6 heteroatoms. The number of esters is 1. The molecule has 0 aromatic heterocycles. The van der Waals surface area contributed by atoms with Gasteiger partial charge in [-0.1, -0.05) is 48.5 Å². The van der Waals surface area contributed by atoms with Gasteiger partial charge in [-0.25, -0.2) is 0 Å². The van der Waals surface area contributed by atoms with Crippen molar-refractivity contribution in [2.45, 2.75) is 20.4 Å². The van der Waals surface area contributed by atoms with Crippen LogP contribution in [0.1, 0.15) is 34.0 Å². The lowest BCUT2D eigenvalue weighted by atomic mass is 10.1. The number of benzene rings is 3. The van der Waals surface area contributed by atoms with Crippen LogP contribution in [0.15, 0.2) is 78.9 Å². The quantitative estimate of drug-likeness (QED) is 0.330. The van der Waals surface area contributed by atoms with Crippen LogP contribution in [0.25, 0.3) is 6.08 Å². The van der Waals surface area contributed by atoms with Crippen LogP contribution in [-0.4, -0.2) is 17.8 Å². The predicted molar refractivity (Wildman–Crippen MR) is 124 cm³/mol. The van der Waals surface area contributed by atoms with E-state index in [4.69, 9.17) is 4.74 Å².